The van der Waals surface area contributed by atoms with Gasteiger partial charge >= 0.3 is 5.97 Å². The van der Waals surface area contributed by atoms with E-state index in [0.717, 1.165) is 23.1 Å². The Bertz CT molecular complexity index is 454. The molecule has 1 fully saturated rings. The zero-order valence-electron chi connectivity index (χ0n) is 11.4. The summed E-state index contributed by atoms with van der Waals surface area (Å²) < 4.78 is 5.01. The summed E-state index contributed by atoms with van der Waals surface area (Å²) in [6, 6.07) is 0. The highest BCUT2D eigenvalue weighted by molar-refractivity contribution is 7.15. The Morgan fingerprint density at radius 2 is 2.28 bits per heavy atom. The van der Waals surface area contributed by atoms with Crippen molar-refractivity contribution < 1.29 is 9.53 Å². The van der Waals surface area contributed by atoms with Crippen LogP contribution in [0.2, 0.25) is 0 Å². The molecule has 1 aromatic heterocycles. The van der Waals surface area contributed by atoms with Crippen molar-refractivity contribution in [2.75, 3.05) is 24.6 Å². The maximum Gasteiger partial charge on any atom is 0.358 e. The van der Waals surface area contributed by atoms with Crippen LogP contribution in [-0.4, -0.2) is 30.6 Å². The molecule has 0 aromatic carbocycles. The van der Waals surface area contributed by atoms with E-state index in [0.29, 0.717) is 17.7 Å². The number of carbonyl (C=O) groups is 1. The van der Waals surface area contributed by atoms with Crippen LogP contribution in [0.5, 0.6) is 0 Å². The molecule has 0 amide bonds. The zero-order chi connectivity index (χ0) is 13.3. The van der Waals surface area contributed by atoms with Gasteiger partial charge in [0.2, 0.25) is 0 Å². The van der Waals surface area contributed by atoms with Gasteiger partial charge in [0.15, 0.2) is 10.8 Å². The summed E-state index contributed by atoms with van der Waals surface area (Å²) in [5.41, 5.74) is 0.811. The molecular weight excluding hydrogens is 248 g/mol. The van der Waals surface area contributed by atoms with Crippen LogP contribution in [0.15, 0.2) is 0 Å². The predicted molar refractivity (Wildman–Crippen MR) is 73.4 cm³/mol. The van der Waals surface area contributed by atoms with Gasteiger partial charge in [0.05, 0.1) is 6.61 Å². The average Bonchev–Trinajstić information content (AvgIpc) is 2.82. The molecule has 1 aliphatic rings. The standard InChI is InChI=1S/C13H20N2O2S/c1-5-17-11(16)10-9(2)18-12(14-10)15-7-6-13(3,4)8-15/h5-8H2,1-4H3. The topological polar surface area (TPSA) is 42.4 Å². The average molecular weight is 268 g/mol. The number of esters is 1. The smallest absolute Gasteiger partial charge is 0.358 e. The molecule has 0 aliphatic carbocycles. The van der Waals surface area contributed by atoms with Crippen molar-refractivity contribution in [2.45, 2.75) is 34.1 Å². The number of anilines is 1. The van der Waals surface area contributed by atoms with Crippen molar-refractivity contribution in [3.63, 3.8) is 0 Å². The van der Waals surface area contributed by atoms with Crippen molar-refractivity contribution in [1.82, 2.24) is 4.98 Å². The number of ether oxygens (including phenoxy) is 1. The van der Waals surface area contributed by atoms with Crippen molar-refractivity contribution in [1.29, 1.82) is 0 Å². The summed E-state index contributed by atoms with van der Waals surface area (Å²) >= 11 is 1.58. The maximum absolute atomic E-state index is 11.7. The first-order valence-electron chi connectivity index (χ1n) is 6.32. The number of hydrogen-bond donors (Lipinski definition) is 0. The quantitative estimate of drug-likeness (QED) is 0.791. The zero-order valence-corrected chi connectivity index (χ0v) is 12.3. The summed E-state index contributed by atoms with van der Waals surface area (Å²) in [6.07, 6.45) is 1.17. The Hall–Kier alpha value is -1.10. The second kappa shape index (κ2) is 4.88. The molecule has 18 heavy (non-hydrogen) atoms. The Labute approximate surface area is 112 Å². The van der Waals surface area contributed by atoms with E-state index in [2.05, 4.69) is 23.7 Å². The lowest BCUT2D eigenvalue weighted by molar-refractivity contribution is 0.0519. The third-order valence-corrected chi connectivity index (χ3v) is 4.23. The molecule has 2 rings (SSSR count). The Morgan fingerprint density at radius 1 is 1.56 bits per heavy atom. The molecule has 0 radical (unpaired) electrons. The minimum atomic E-state index is -0.309. The molecule has 0 bridgehead atoms. The number of thiazole rings is 1. The maximum atomic E-state index is 11.7. The van der Waals surface area contributed by atoms with Crippen molar-refractivity contribution in [3.05, 3.63) is 10.6 Å². The molecule has 0 atom stereocenters. The Kier molecular flexibility index (Phi) is 3.61. The molecule has 5 heteroatoms. The minimum absolute atomic E-state index is 0.309. The van der Waals surface area contributed by atoms with Crippen LogP contribution in [0.25, 0.3) is 0 Å². The van der Waals surface area contributed by atoms with Crippen molar-refractivity contribution in [3.8, 4) is 0 Å². The van der Waals surface area contributed by atoms with Crippen LogP contribution in [0, 0.1) is 12.3 Å². The second-order valence-corrected chi connectivity index (χ2v) is 6.64. The van der Waals surface area contributed by atoms with E-state index in [4.69, 9.17) is 4.74 Å². The number of carbonyl (C=O) groups excluding carboxylic acids is 1. The van der Waals surface area contributed by atoms with Gasteiger partial charge in [-0.1, -0.05) is 13.8 Å². The largest absolute Gasteiger partial charge is 0.461 e. The van der Waals surface area contributed by atoms with E-state index in [9.17, 15) is 4.79 Å². The van der Waals surface area contributed by atoms with Crippen LogP contribution >= 0.6 is 11.3 Å². The highest BCUT2D eigenvalue weighted by Crippen LogP contribution is 2.35. The van der Waals surface area contributed by atoms with Crippen LogP contribution in [0.3, 0.4) is 0 Å². The van der Waals surface area contributed by atoms with Gasteiger partial charge in [-0.3, -0.25) is 0 Å². The first-order chi connectivity index (χ1) is 8.43. The SMILES string of the molecule is CCOC(=O)c1nc(N2CCC(C)(C)C2)sc1C. The van der Waals surface area contributed by atoms with E-state index >= 15 is 0 Å². The van der Waals surface area contributed by atoms with E-state index in [1.165, 1.54) is 6.42 Å². The predicted octanol–water partition coefficient (Wildman–Crippen LogP) is 2.86. The lowest BCUT2D eigenvalue weighted by Crippen LogP contribution is -2.22. The number of rotatable bonds is 3. The van der Waals surface area contributed by atoms with E-state index in [1.54, 1.807) is 11.3 Å². The molecule has 0 unspecified atom stereocenters. The fourth-order valence-corrected chi connectivity index (χ4v) is 3.10. The first kappa shape index (κ1) is 13.3. The van der Waals surface area contributed by atoms with Gasteiger partial charge in [0, 0.05) is 18.0 Å². The van der Waals surface area contributed by atoms with E-state index in [-0.39, 0.29) is 5.97 Å². The second-order valence-electron chi connectivity index (χ2n) is 5.46. The van der Waals surface area contributed by atoms with Gasteiger partial charge in [-0.05, 0) is 25.7 Å². The van der Waals surface area contributed by atoms with Crippen LogP contribution in [-0.2, 0) is 4.74 Å². The van der Waals surface area contributed by atoms with Crippen molar-refractivity contribution in [2.24, 2.45) is 5.41 Å². The monoisotopic (exact) mass is 268 g/mol. The van der Waals surface area contributed by atoms with E-state index in [1.807, 2.05) is 13.8 Å². The van der Waals surface area contributed by atoms with Crippen molar-refractivity contribution >= 4 is 22.4 Å². The first-order valence-corrected chi connectivity index (χ1v) is 7.14. The van der Waals surface area contributed by atoms with E-state index < -0.39 is 0 Å². The molecule has 1 saturated heterocycles. The number of aromatic nitrogens is 1. The van der Waals surface area contributed by atoms with Gasteiger partial charge < -0.3 is 9.64 Å². The van der Waals surface area contributed by atoms with Gasteiger partial charge in [-0.25, -0.2) is 9.78 Å². The third kappa shape index (κ3) is 2.66. The molecule has 100 valence electrons. The molecule has 1 aromatic rings. The molecule has 1 aliphatic heterocycles. The van der Waals surface area contributed by atoms with Crippen LogP contribution < -0.4 is 4.90 Å². The summed E-state index contributed by atoms with van der Waals surface area (Å²) in [5, 5.41) is 0.945. The molecule has 0 N–H and O–H groups in total. The van der Waals surface area contributed by atoms with Gasteiger partial charge in [0.1, 0.15) is 0 Å². The molecule has 4 nitrogen and oxygen atoms in total. The number of aryl methyl sites for hydroxylation is 1. The number of nitrogens with zero attached hydrogens (tertiary/aromatic N) is 2. The van der Waals surface area contributed by atoms with Crippen LogP contribution in [0.1, 0.15) is 42.6 Å². The molecule has 2 heterocycles. The molecular formula is C13H20N2O2S. The molecule has 0 saturated carbocycles. The van der Waals surface area contributed by atoms with Gasteiger partial charge in [-0.15, -0.1) is 11.3 Å². The Balaban J connectivity index is 2.17. The summed E-state index contributed by atoms with van der Waals surface area (Å²) in [6.45, 7) is 10.7. The Morgan fingerprint density at radius 3 is 2.83 bits per heavy atom. The summed E-state index contributed by atoms with van der Waals surface area (Å²) in [5.74, 6) is -0.309. The van der Waals surface area contributed by atoms with Crippen LogP contribution in [0.4, 0.5) is 5.13 Å². The molecule has 0 spiro atoms. The van der Waals surface area contributed by atoms with Gasteiger partial charge in [0.25, 0.3) is 0 Å². The summed E-state index contributed by atoms with van der Waals surface area (Å²) in [7, 11) is 0. The summed E-state index contributed by atoms with van der Waals surface area (Å²) in [4.78, 5) is 19.4. The normalized spacial score (nSPS) is 18.1. The highest BCUT2D eigenvalue weighted by Gasteiger charge is 2.31. The lowest BCUT2D eigenvalue weighted by atomic mass is 9.93. The fraction of sp³-hybridized carbons (Fsp3) is 0.692. The minimum Gasteiger partial charge on any atom is -0.461 e. The third-order valence-electron chi connectivity index (χ3n) is 3.20. The lowest BCUT2D eigenvalue weighted by Gasteiger charge is -2.18. The highest BCUT2D eigenvalue weighted by atomic mass is 32.1. The fourth-order valence-electron chi connectivity index (χ4n) is 2.18. The number of hydrogen-bond acceptors (Lipinski definition) is 5. The van der Waals surface area contributed by atoms with Gasteiger partial charge in [-0.2, -0.15) is 0 Å².